The lowest BCUT2D eigenvalue weighted by Crippen LogP contribution is -2.26. The quantitative estimate of drug-likeness (QED) is 0.828. The lowest BCUT2D eigenvalue weighted by atomic mass is 10.1. The van der Waals surface area contributed by atoms with E-state index in [0.29, 0.717) is 11.3 Å². The van der Waals surface area contributed by atoms with Crippen molar-refractivity contribution in [3.63, 3.8) is 0 Å². The zero-order valence-electron chi connectivity index (χ0n) is 15.2. The van der Waals surface area contributed by atoms with Gasteiger partial charge < -0.3 is 15.5 Å². The predicted molar refractivity (Wildman–Crippen MR) is 108 cm³/mol. The summed E-state index contributed by atoms with van der Waals surface area (Å²) in [5.41, 5.74) is 3.10. The zero-order valence-corrected chi connectivity index (χ0v) is 16.0. The topological polar surface area (TPSA) is 61.4 Å². The zero-order chi connectivity index (χ0) is 18.7. The Balaban J connectivity index is 1.72. The first kappa shape index (κ1) is 18.3. The highest BCUT2D eigenvalue weighted by molar-refractivity contribution is 8.00. The minimum Gasteiger partial charge on any atom is -0.372 e. The van der Waals surface area contributed by atoms with Crippen molar-refractivity contribution in [1.82, 2.24) is 0 Å². The Morgan fingerprint density at radius 1 is 1.15 bits per heavy atom. The molecule has 0 aromatic heterocycles. The van der Waals surface area contributed by atoms with E-state index in [-0.39, 0.29) is 17.1 Å². The van der Waals surface area contributed by atoms with Gasteiger partial charge in [0.1, 0.15) is 0 Å². The van der Waals surface area contributed by atoms with Gasteiger partial charge in [0.15, 0.2) is 0 Å². The molecule has 0 radical (unpaired) electrons. The SMILES string of the molecule is CCN(CC)c1ccc(NC(=O)c2ccc3c(c2)NC(=O)C(C)S3)cc1. The monoisotopic (exact) mass is 369 g/mol. The lowest BCUT2D eigenvalue weighted by Gasteiger charge is -2.22. The van der Waals surface area contributed by atoms with Crippen LogP contribution in [-0.2, 0) is 4.79 Å². The summed E-state index contributed by atoms with van der Waals surface area (Å²) in [6, 6.07) is 13.2. The summed E-state index contributed by atoms with van der Waals surface area (Å²) in [5.74, 6) is -0.228. The molecule has 0 bridgehead atoms. The molecule has 1 atom stereocenters. The molecule has 0 saturated carbocycles. The molecule has 0 spiro atoms. The van der Waals surface area contributed by atoms with Crippen LogP contribution in [0.15, 0.2) is 47.4 Å². The number of hydrogen-bond acceptors (Lipinski definition) is 4. The summed E-state index contributed by atoms with van der Waals surface area (Å²) in [4.78, 5) is 27.6. The molecule has 5 nitrogen and oxygen atoms in total. The first-order chi connectivity index (χ1) is 12.5. The van der Waals surface area contributed by atoms with Crippen molar-refractivity contribution < 1.29 is 9.59 Å². The van der Waals surface area contributed by atoms with Crippen molar-refractivity contribution in [1.29, 1.82) is 0 Å². The standard InChI is InChI=1S/C20H23N3O2S/c1-4-23(5-2)16-9-7-15(8-10-16)21-20(25)14-6-11-18-17(12-14)22-19(24)13(3)26-18/h6-13H,4-5H2,1-3H3,(H,21,25)(H,22,24). The molecular weight excluding hydrogens is 346 g/mol. The average Bonchev–Trinajstić information content (AvgIpc) is 2.64. The van der Waals surface area contributed by atoms with Gasteiger partial charge in [-0.2, -0.15) is 0 Å². The van der Waals surface area contributed by atoms with Crippen molar-refractivity contribution in [2.45, 2.75) is 30.9 Å². The van der Waals surface area contributed by atoms with E-state index in [9.17, 15) is 9.59 Å². The third-order valence-corrected chi connectivity index (χ3v) is 5.60. The lowest BCUT2D eigenvalue weighted by molar-refractivity contribution is -0.115. The first-order valence-corrected chi connectivity index (χ1v) is 9.67. The second-order valence-electron chi connectivity index (χ2n) is 6.13. The van der Waals surface area contributed by atoms with Crippen LogP contribution in [0.5, 0.6) is 0 Å². The van der Waals surface area contributed by atoms with Crippen molar-refractivity contribution in [2.24, 2.45) is 0 Å². The smallest absolute Gasteiger partial charge is 0.255 e. The van der Waals surface area contributed by atoms with Crippen LogP contribution in [0, 0.1) is 0 Å². The van der Waals surface area contributed by atoms with Gasteiger partial charge >= 0.3 is 0 Å². The van der Waals surface area contributed by atoms with E-state index < -0.39 is 0 Å². The van der Waals surface area contributed by atoms with Crippen LogP contribution in [0.4, 0.5) is 17.1 Å². The van der Waals surface area contributed by atoms with Gasteiger partial charge in [0.05, 0.1) is 10.9 Å². The Labute approximate surface area is 158 Å². The van der Waals surface area contributed by atoms with Gasteiger partial charge in [-0.05, 0) is 63.2 Å². The Kier molecular flexibility index (Phi) is 5.52. The first-order valence-electron chi connectivity index (χ1n) is 8.79. The van der Waals surface area contributed by atoms with Crippen molar-refractivity contribution in [3.05, 3.63) is 48.0 Å². The molecule has 1 unspecified atom stereocenters. The Morgan fingerprint density at radius 2 is 1.85 bits per heavy atom. The summed E-state index contributed by atoms with van der Waals surface area (Å²) < 4.78 is 0. The van der Waals surface area contributed by atoms with Gasteiger partial charge in [-0.25, -0.2) is 0 Å². The number of fused-ring (bicyclic) bond motifs is 1. The maximum absolute atomic E-state index is 12.5. The second-order valence-corrected chi connectivity index (χ2v) is 7.52. The molecule has 136 valence electrons. The molecule has 2 amide bonds. The predicted octanol–water partition coefficient (Wildman–Crippen LogP) is 4.22. The molecule has 2 aromatic carbocycles. The molecule has 6 heteroatoms. The molecule has 1 aliphatic heterocycles. The number of nitrogens with one attached hydrogen (secondary N) is 2. The Morgan fingerprint density at radius 3 is 2.50 bits per heavy atom. The molecule has 1 aliphatic rings. The number of hydrogen-bond donors (Lipinski definition) is 2. The number of anilines is 3. The van der Waals surface area contributed by atoms with Crippen molar-refractivity contribution >= 4 is 40.6 Å². The van der Waals surface area contributed by atoms with E-state index in [4.69, 9.17) is 0 Å². The van der Waals surface area contributed by atoms with Crippen LogP contribution in [0.3, 0.4) is 0 Å². The maximum atomic E-state index is 12.5. The van der Waals surface area contributed by atoms with E-state index in [0.717, 1.165) is 29.4 Å². The van der Waals surface area contributed by atoms with Crippen LogP contribution in [0.25, 0.3) is 0 Å². The summed E-state index contributed by atoms with van der Waals surface area (Å²) in [6.45, 7) is 7.99. The number of carbonyl (C=O) groups is 2. The van der Waals surface area contributed by atoms with Crippen LogP contribution in [0.2, 0.25) is 0 Å². The fourth-order valence-electron chi connectivity index (χ4n) is 2.90. The number of benzene rings is 2. The molecule has 2 aromatic rings. The van der Waals surface area contributed by atoms with Crippen LogP contribution in [-0.4, -0.2) is 30.2 Å². The van der Waals surface area contributed by atoms with Gasteiger partial charge in [0.2, 0.25) is 5.91 Å². The number of thioether (sulfide) groups is 1. The maximum Gasteiger partial charge on any atom is 0.255 e. The van der Waals surface area contributed by atoms with Crippen molar-refractivity contribution in [3.8, 4) is 0 Å². The average molecular weight is 369 g/mol. The molecule has 1 heterocycles. The summed E-state index contributed by atoms with van der Waals surface area (Å²) in [7, 11) is 0. The highest BCUT2D eigenvalue weighted by Crippen LogP contribution is 2.36. The highest BCUT2D eigenvalue weighted by atomic mass is 32.2. The van der Waals surface area contributed by atoms with E-state index in [2.05, 4.69) is 29.4 Å². The van der Waals surface area contributed by atoms with Crippen LogP contribution >= 0.6 is 11.8 Å². The highest BCUT2D eigenvalue weighted by Gasteiger charge is 2.23. The van der Waals surface area contributed by atoms with E-state index >= 15 is 0 Å². The number of carbonyl (C=O) groups excluding carboxylic acids is 2. The third-order valence-electron chi connectivity index (χ3n) is 4.43. The molecule has 0 aliphatic carbocycles. The van der Waals surface area contributed by atoms with Gasteiger partial charge in [-0.1, -0.05) is 0 Å². The minimum atomic E-state index is -0.193. The molecule has 0 saturated heterocycles. The van der Waals surface area contributed by atoms with Crippen LogP contribution < -0.4 is 15.5 Å². The van der Waals surface area contributed by atoms with E-state index in [1.165, 1.54) is 11.8 Å². The molecule has 26 heavy (non-hydrogen) atoms. The van der Waals surface area contributed by atoms with Gasteiger partial charge in [-0.15, -0.1) is 11.8 Å². The van der Waals surface area contributed by atoms with E-state index in [1.54, 1.807) is 12.1 Å². The number of nitrogens with zero attached hydrogens (tertiary/aromatic N) is 1. The summed E-state index contributed by atoms with van der Waals surface area (Å²) in [6.07, 6.45) is 0. The second kappa shape index (κ2) is 7.83. The van der Waals surface area contributed by atoms with Crippen LogP contribution in [0.1, 0.15) is 31.1 Å². The molecule has 0 fully saturated rings. The Bertz CT molecular complexity index is 816. The summed E-state index contributed by atoms with van der Waals surface area (Å²) in [5, 5.41) is 5.65. The number of amides is 2. The molecular formula is C20H23N3O2S. The summed E-state index contributed by atoms with van der Waals surface area (Å²) >= 11 is 1.50. The normalized spacial score (nSPS) is 15.8. The van der Waals surface area contributed by atoms with Gasteiger partial charge in [0, 0.05) is 34.9 Å². The Hall–Kier alpha value is -2.47. The van der Waals surface area contributed by atoms with Gasteiger partial charge in [0.25, 0.3) is 5.91 Å². The van der Waals surface area contributed by atoms with Crippen molar-refractivity contribution in [2.75, 3.05) is 28.6 Å². The minimum absolute atomic E-state index is 0.0351. The fourth-order valence-corrected chi connectivity index (χ4v) is 3.83. The third kappa shape index (κ3) is 3.85. The fraction of sp³-hybridized carbons (Fsp3) is 0.300. The number of rotatable bonds is 5. The van der Waals surface area contributed by atoms with Gasteiger partial charge in [-0.3, -0.25) is 9.59 Å². The van der Waals surface area contributed by atoms with E-state index in [1.807, 2.05) is 37.3 Å². The molecule has 2 N–H and O–H groups in total. The largest absolute Gasteiger partial charge is 0.372 e. The molecule has 3 rings (SSSR count).